The van der Waals surface area contributed by atoms with Crippen LogP contribution in [0.25, 0.3) is 0 Å². The predicted octanol–water partition coefficient (Wildman–Crippen LogP) is 3.20. The fraction of sp³-hybridized carbons (Fsp3) is 0.312. The summed E-state index contributed by atoms with van der Waals surface area (Å²) in [5.74, 6) is 0.898. The Morgan fingerprint density at radius 1 is 1.16 bits per heavy atom. The monoisotopic (exact) mass is 256 g/mol. The Kier molecular flexibility index (Phi) is 5.38. The molecule has 0 saturated heterocycles. The van der Waals surface area contributed by atoms with Gasteiger partial charge in [0.2, 0.25) is 0 Å². The molecule has 1 aromatic carbocycles. The molecule has 0 amide bonds. The molecule has 3 heteroatoms. The Bertz CT molecular complexity index is 459. The van der Waals surface area contributed by atoms with Gasteiger partial charge in [-0.15, -0.1) is 0 Å². The van der Waals surface area contributed by atoms with Crippen LogP contribution in [-0.2, 0) is 0 Å². The van der Waals surface area contributed by atoms with E-state index in [9.17, 15) is 0 Å². The summed E-state index contributed by atoms with van der Waals surface area (Å²) < 4.78 is 5.83. The minimum Gasteiger partial charge on any atom is -0.492 e. The molecule has 2 aromatic rings. The molecule has 100 valence electrons. The first-order valence-corrected chi connectivity index (χ1v) is 6.71. The van der Waals surface area contributed by atoms with E-state index in [1.54, 1.807) is 6.20 Å². The average molecular weight is 256 g/mol. The van der Waals surface area contributed by atoms with Crippen LogP contribution in [0.2, 0.25) is 0 Å². The van der Waals surface area contributed by atoms with Crippen LogP contribution in [0.5, 0.6) is 5.75 Å². The lowest BCUT2D eigenvalue weighted by molar-refractivity contribution is 0.266. The van der Waals surface area contributed by atoms with Crippen molar-refractivity contribution in [2.75, 3.05) is 13.2 Å². The molecule has 0 saturated carbocycles. The average Bonchev–Trinajstić information content (AvgIpc) is 2.49. The Labute approximate surface area is 114 Å². The van der Waals surface area contributed by atoms with Gasteiger partial charge in [0.15, 0.2) is 0 Å². The molecule has 1 atom stereocenters. The van der Waals surface area contributed by atoms with E-state index in [1.165, 1.54) is 0 Å². The predicted molar refractivity (Wildman–Crippen MR) is 77.2 cm³/mol. The van der Waals surface area contributed by atoms with Gasteiger partial charge >= 0.3 is 0 Å². The van der Waals surface area contributed by atoms with E-state index in [4.69, 9.17) is 4.74 Å². The molecule has 0 aliphatic heterocycles. The van der Waals surface area contributed by atoms with Crippen molar-refractivity contribution in [3.8, 4) is 5.75 Å². The lowest BCUT2D eigenvalue weighted by Crippen LogP contribution is -2.27. The third-order valence-electron chi connectivity index (χ3n) is 2.89. The van der Waals surface area contributed by atoms with Crippen molar-refractivity contribution in [2.24, 2.45) is 0 Å². The van der Waals surface area contributed by atoms with Crippen LogP contribution >= 0.6 is 0 Å². The maximum Gasteiger partial charge on any atom is 0.119 e. The Balaban J connectivity index is 1.98. The maximum absolute atomic E-state index is 5.83. The first-order valence-electron chi connectivity index (χ1n) is 6.71. The van der Waals surface area contributed by atoms with E-state index in [1.807, 2.05) is 42.6 Å². The fourth-order valence-corrected chi connectivity index (χ4v) is 1.87. The number of para-hydroxylation sites is 1. The van der Waals surface area contributed by atoms with Gasteiger partial charge in [-0.1, -0.05) is 31.2 Å². The topological polar surface area (TPSA) is 34.1 Å². The van der Waals surface area contributed by atoms with E-state index < -0.39 is 0 Å². The first kappa shape index (κ1) is 13.6. The largest absolute Gasteiger partial charge is 0.492 e. The molecule has 0 spiro atoms. The summed E-state index contributed by atoms with van der Waals surface area (Å²) >= 11 is 0. The molecule has 1 N–H and O–H groups in total. The van der Waals surface area contributed by atoms with Gasteiger partial charge in [0.1, 0.15) is 12.4 Å². The zero-order valence-corrected chi connectivity index (χ0v) is 11.3. The molecule has 0 radical (unpaired) electrons. The normalized spacial score (nSPS) is 12.1. The second-order valence-electron chi connectivity index (χ2n) is 4.42. The van der Waals surface area contributed by atoms with Gasteiger partial charge in [-0.05, 0) is 36.7 Å². The van der Waals surface area contributed by atoms with Crippen LogP contribution in [0.3, 0.4) is 0 Å². The molecule has 1 unspecified atom stereocenters. The Hall–Kier alpha value is -1.87. The molecule has 1 heterocycles. The molecule has 0 bridgehead atoms. The lowest BCUT2D eigenvalue weighted by Gasteiger charge is -2.19. The van der Waals surface area contributed by atoms with Crippen LogP contribution in [0.1, 0.15) is 24.9 Å². The molecule has 0 aliphatic carbocycles. The highest BCUT2D eigenvalue weighted by Gasteiger charge is 2.11. The zero-order valence-electron chi connectivity index (χ0n) is 11.3. The highest BCUT2D eigenvalue weighted by molar-refractivity contribution is 5.21. The van der Waals surface area contributed by atoms with Crippen molar-refractivity contribution in [1.29, 1.82) is 0 Å². The molecule has 2 rings (SSSR count). The molecular formula is C16H20N2O. The zero-order chi connectivity index (χ0) is 13.3. The standard InChI is InChI=1S/C16H20N2O/c1-2-10-18-16(14-7-6-11-17-12-14)13-19-15-8-4-3-5-9-15/h3-9,11-12,16,18H,2,10,13H2,1H3. The summed E-state index contributed by atoms with van der Waals surface area (Å²) in [5, 5.41) is 3.49. The van der Waals surface area contributed by atoms with Crippen molar-refractivity contribution in [2.45, 2.75) is 19.4 Å². The second kappa shape index (κ2) is 7.54. The van der Waals surface area contributed by atoms with Crippen molar-refractivity contribution in [3.63, 3.8) is 0 Å². The second-order valence-corrected chi connectivity index (χ2v) is 4.42. The Morgan fingerprint density at radius 2 is 2.00 bits per heavy atom. The third kappa shape index (κ3) is 4.38. The minimum atomic E-state index is 0.175. The molecule has 0 fully saturated rings. The van der Waals surface area contributed by atoms with Crippen molar-refractivity contribution < 1.29 is 4.74 Å². The number of hydrogen-bond donors (Lipinski definition) is 1. The van der Waals surface area contributed by atoms with Crippen molar-refractivity contribution in [3.05, 3.63) is 60.4 Å². The van der Waals surface area contributed by atoms with Gasteiger partial charge in [0.25, 0.3) is 0 Å². The van der Waals surface area contributed by atoms with Gasteiger partial charge in [-0.3, -0.25) is 4.98 Å². The molecule has 19 heavy (non-hydrogen) atoms. The number of ether oxygens (including phenoxy) is 1. The summed E-state index contributed by atoms with van der Waals surface area (Å²) in [6.45, 7) is 3.73. The van der Waals surface area contributed by atoms with Gasteiger partial charge in [-0.2, -0.15) is 0 Å². The third-order valence-corrected chi connectivity index (χ3v) is 2.89. The van der Waals surface area contributed by atoms with Crippen molar-refractivity contribution >= 4 is 0 Å². The van der Waals surface area contributed by atoms with Crippen LogP contribution in [0.4, 0.5) is 0 Å². The maximum atomic E-state index is 5.83. The highest BCUT2D eigenvalue weighted by atomic mass is 16.5. The van der Waals surface area contributed by atoms with Gasteiger partial charge < -0.3 is 10.1 Å². The van der Waals surface area contributed by atoms with E-state index >= 15 is 0 Å². The Morgan fingerprint density at radius 3 is 2.68 bits per heavy atom. The molecule has 0 aliphatic rings. The van der Waals surface area contributed by atoms with Crippen LogP contribution in [-0.4, -0.2) is 18.1 Å². The summed E-state index contributed by atoms with van der Waals surface area (Å²) in [4.78, 5) is 4.17. The number of pyridine rings is 1. The number of hydrogen-bond acceptors (Lipinski definition) is 3. The van der Waals surface area contributed by atoms with Crippen LogP contribution < -0.4 is 10.1 Å². The number of benzene rings is 1. The quantitative estimate of drug-likeness (QED) is 0.826. The smallest absolute Gasteiger partial charge is 0.119 e. The molecule has 1 aromatic heterocycles. The summed E-state index contributed by atoms with van der Waals surface area (Å²) in [6, 6.07) is 14.1. The number of rotatable bonds is 7. The minimum absolute atomic E-state index is 0.175. The summed E-state index contributed by atoms with van der Waals surface area (Å²) in [5.41, 5.74) is 1.16. The number of aromatic nitrogens is 1. The first-order chi connectivity index (χ1) is 9.40. The number of nitrogens with zero attached hydrogens (tertiary/aromatic N) is 1. The fourth-order valence-electron chi connectivity index (χ4n) is 1.87. The van der Waals surface area contributed by atoms with E-state index in [-0.39, 0.29) is 6.04 Å². The SMILES string of the molecule is CCCNC(COc1ccccc1)c1cccnc1. The summed E-state index contributed by atoms with van der Waals surface area (Å²) in [7, 11) is 0. The van der Waals surface area contributed by atoms with Gasteiger partial charge in [0.05, 0.1) is 6.04 Å². The van der Waals surface area contributed by atoms with E-state index in [0.29, 0.717) is 6.61 Å². The van der Waals surface area contributed by atoms with Crippen LogP contribution in [0, 0.1) is 0 Å². The molecule has 3 nitrogen and oxygen atoms in total. The van der Waals surface area contributed by atoms with E-state index in [0.717, 1.165) is 24.3 Å². The number of nitrogens with one attached hydrogen (secondary N) is 1. The van der Waals surface area contributed by atoms with Gasteiger partial charge in [-0.25, -0.2) is 0 Å². The van der Waals surface area contributed by atoms with E-state index in [2.05, 4.69) is 23.3 Å². The van der Waals surface area contributed by atoms with Crippen LogP contribution in [0.15, 0.2) is 54.9 Å². The summed E-state index contributed by atoms with van der Waals surface area (Å²) in [6.07, 6.45) is 4.78. The van der Waals surface area contributed by atoms with Gasteiger partial charge in [0, 0.05) is 12.4 Å². The lowest BCUT2D eigenvalue weighted by atomic mass is 10.1. The van der Waals surface area contributed by atoms with Crippen molar-refractivity contribution in [1.82, 2.24) is 10.3 Å². The highest BCUT2D eigenvalue weighted by Crippen LogP contribution is 2.15. The molecular weight excluding hydrogens is 236 g/mol.